The van der Waals surface area contributed by atoms with Gasteiger partial charge in [-0.25, -0.2) is 0 Å². The Labute approximate surface area is 118 Å². The first-order chi connectivity index (χ1) is 9.38. The van der Waals surface area contributed by atoms with Crippen molar-refractivity contribution in [3.8, 4) is 0 Å². The summed E-state index contributed by atoms with van der Waals surface area (Å²) >= 11 is 0. The van der Waals surface area contributed by atoms with E-state index in [1.807, 2.05) is 0 Å². The van der Waals surface area contributed by atoms with Crippen molar-refractivity contribution in [2.45, 2.75) is 32.4 Å². The van der Waals surface area contributed by atoms with Crippen LogP contribution in [0.15, 0.2) is 24.3 Å². The number of anilines is 1. The van der Waals surface area contributed by atoms with E-state index < -0.39 is 6.10 Å². The first-order valence-electron chi connectivity index (χ1n) is 6.49. The zero-order valence-corrected chi connectivity index (χ0v) is 11.7. The highest BCUT2D eigenvalue weighted by Crippen LogP contribution is 2.04. The van der Waals surface area contributed by atoms with Crippen molar-refractivity contribution in [1.29, 1.82) is 0 Å². The third-order valence-electron chi connectivity index (χ3n) is 2.68. The second-order valence-corrected chi connectivity index (χ2v) is 4.86. The molecule has 110 valence electrons. The lowest BCUT2D eigenvalue weighted by molar-refractivity contribution is -0.120. The molecule has 1 aromatic carbocycles. The lowest BCUT2D eigenvalue weighted by Crippen LogP contribution is -2.41. The third kappa shape index (κ3) is 5.71. The number of hydrogen-bond donors (Lipinski definition) is 4. The summed E-state index contributed by atoms with van der Waals surface area (Å²) in [5.74, 6) is -0.620. The van der Waals surface area contributed by atoms with E-state index >= 15 is 0 Å². The number of carbonyl (C=O) groups is 2. The van der Waals surface area contributed by atoms with Crippen LogP contribution in [0.2, 0.25) is 0 Å². The Morgan fingerprint density at radius 3 is 2.40 bits per heavy atom. The van der Waals surface area contributed by atoms with E-state index in [9.17, 15) is 14.7 Å². The number of nitrogens with two attached hydrogens (primary N) is 1. The first kappa shape index (κ1) is 16.0. The van der Waals surface area contributed by atoms with E-state index in [1.54, 1.807) is 38.1 Å². The maximum absolute atomic E-state index is 11.8. The van der Waals surface area contributed by atoms with Crippen LogP contribution in [-0.4, -0.2) is 35.6 Å². The Kier molecular flexibility index (Phi) is 5.99. The van der Waals surface area contributed by atoms with Gasteiger partial charge in [-0.05, 0) is 44.5 Å². The van der Waals surface area contributed by atoms with Gasteiger partial charge >= 0.3 is 0 Å². The Hall–Kier alpha value is -2.08. The molecule has 2 atom stereocenters. The maximum atomic E-state index is 11.8. The summed E-state index contributed by atoms with van der Waals surface area (Å²) in [5, 5.41) is 14.4. The number of carbonyl (C=O) groups excluding carboxylic acids is 2. The maximum Gasteiger partial charge on any atom is 0.251 e. The smallest absolute Gasteiger partial charge is 0.251 e. The van der Waals surface area contributed by atoms with Crippen LogP contribution in [0.5, 0.6) is 0 Å². The summed E-state index contributed by atoms with van der Waals surface area (Å²) in [7, 11) is 0. The van der Waals surface area contributed by atoms with Crippen molar-refractivity contribution in [2.24, 2.45) is 0 Å². The predicted molar refractivity (Wildman–Crippen MR) is 77.1 cm³/mol. The number of nitrogen functional groups attached to an aromatic ring is 1. The van der Waals surface area contributed by atoms with E-state index in [2.05, 4.69) is 10.6 Å². The van der Waals surface area contributed by atoms with E-state index in [-0.39, 0.29) is 24.4 Å². The fourth-order valence-electron chi connectivity index (χ4n) is 1.79. The SMILES string of the molecule is CC(O)CC(C)NC(=O)CNC(=O)c1ccc(N)cc1. The summed E-state index contributed by atoms with van der Waals surface area (Å²) in [4.78, 5) is 23.3. The molecule has 0 aromatic heterocycles. The quantitative estimate of drug-likeness (QED) is 0.561. The molecule has 6 nitrogen and oxygen atoms in total. The summed E-state index contributed by atoms with van der Waals surface area (Å²) in [6.45, 7) is 3.35. The second-order valence-electron chi connectivity index (χ2n) is 4.86. The minimum absolute atomic E-state index is 0.104. The van der Waals surface area contributed by atoms with Gasteiger partial charge in [-0.3, -0.25) is 9.59 Å². The normalized spacial score (nSPS) is 13.3. The zero-order valence-electron chi connectivity index (χ0n) is 11.7. The summed E-state index contributed by atoms with van der Waals surface area (Å²) in [6.07, 6.45) is -0.00727. The van der Waals surface area contributed by atoms with Crippen molar-refractivity contribution < 1.29 is 14.7 Å². The van der Waals surface area contributed by atoms with Crippen LogP contribution in [0.25, 0.3) is 0 Å². The minimum Gasteiger partial charge on any atom is -0.399 e. The van der Waals surface area contributed by atoms with Gasteiger partial charge in [-0.1, -0.05) is 0 Å². The van der Waals surface area contributed by atoms with Gasteiger partial charge in [0, 0.05) is 17.3 Å². The molecule has 20 heavy (non-hydrogen) atoms. The molecule has 2 unspecified atom stereocenters. The summed E-state index contributed by atoms with van der Waals surface area (Å²) in [6, 6.07) is 6.30. The molecule has 0 fully saturated rings. The number of rotatable bonds is 6. The van der Waals surface area contributed by atoms with E-state index in [0.717, 1.165) is 0 Å². The van der Waals surface area contributed by atoms with Crippen molar-refractivity contribution in [3.05, 3.63) is 29.8 Å². The Bertz CT molecular complexity index is 457. The van der Waals surface area contributed by atoms with Crippen LogP contribution in [0.1, 0.15) is 30.6 Å². The zero-order chi connectivity index (χ0) is 15.1. The molecule has 2 amide bonds. The molecule has 0 heterocycles. The monoisotopic (exact) mass is 279 g/mol. The molecule has 0 spiro atoms. The number of aliphatic hydroxyl groups is 1. The topological polar surface area (TPSA) is 104 Å². The van der Waals surface area contributed by atoms with Crippen LogP contribution in [0.3, 0.4) is 0 Å². The van der Waals surface area contributed by atoms with Crippen molar-refractivity contribution >= 4 is 17.5 Å². The van der Waals surface area contributed by atoms with Gasteiger partial charge in [0.25, 0.3) is 5.91 Å². The van der Waals surface area contributed by atoms with Gasteiger partial charge < -0.3 is 21.5 Å². The van der Waals surface area contributed by atoms with Crippen LogP contribution in [0, 0.1) is 0 Å². The van der Waals surface area contributed by atoms with Gasteiger partial charge in [0.05, 0.1) is 12.6 Å². The molecule has 0 aliphatic rings. The number of aliphatic hydroxyl groups excluding tert-OH is 1. The summed E-state index contributed by atoms with van der Waals surface area (Å²) in [5.41, 5.74) is 6.55. The van der Waals surface area contributed by atoms with E-state index in [0.29, 0.717) is 17.7 Å². The largest absolute Gasteiger partial charge is 0.399 e. The Balaban J connectivity index is 2.37. The second kappa shape index (κ2) is 7.49. The highest BCUT2D eigenvalue weighted by atomic mass is 16.3. The molecule has 0 bridgehead atoms. The van der Waals surface area contributed by atoms with E-state index in [1.165, 1.54) is 0 Å². The fourth-order valence-corrected chi connectivity index (χ4v) is 1.79. The molecule has 0 radical (unpaired) electrons. The van der Waals surface area contributed by atoms with Crippen molar-refractivity contribution in [2.75, 3.05) is 12.3 Å². The molecule has 0 saturated heterocycles. The molecule has 0 aliphatic heterocycles. The Morgan fingerprint density at radius 2 is 1.85 bits per heavy atom. The fraction of sp³-hybridized carbons (Fsp3) is 0.429. The van der Waals surface area contributed by atoms with Crippen LogP contribution < -0.4 is 16.4 Å². The average Bonchev–Trinajstić information content (AvgIpc) is 2.35. The van der Waals surface area contributed by atoms with Gasteiger partial charge in [0.1, 0.15) is 0 Å². The lowest BCUT2D eigenvalue weighted by atomic mass is 10.1. The Morgan fingerprint density at radius 1 is 1.25 bits per heavy atom. The van der Waals surface area contributed by atoms with Gasteiger partial charge in [0.15, 0.2) is 0 Å². The van der Waals surface area contributed by atoms with Crippen molar-refractivity contribution in [3.63, 3.8) is 0 Å². The van der Waals surface area contributed by atoms with Gasteiger partial charge in [-0.2, -0.15) is 0 Å². The highest BCUT2D eigenvalue weighted by molar-refractivity contribution is 5.96. The molecule has 0 saturated carbocycles. The number of amides is 2. The number of benzene rings is 1. The number of nitrogens with one attached hydrogen (secondary N) is 2. The van der Waals surface area contributed by atoms with Gasteiger partial charge in [-0.15, -0.1) is 0 Å². The molecule has 0 aliphatic carbocycles. The third-order valence-corrected chi connectivity index (χ3v) is 2.68. The first-order valence-corrected chi connectivity index (χ1v) is 6.49. The minimum atomic E-state index is -0.477. The van der Waals surface area contributed by atoms with Gasteiger partial charge in [0.2, 0.25) is 5.91 Å². The lowest BCUT2D eigenvalue weighted by Gasteiger charge is -2.15. The molecule has 1 rings (SSSR count). The standard InChI is InChI=1S/C14H21N3O3/c1-9(7-10(2)18)17-13(19)8-16-14(20)11-3-5-12(15)6-4-11/h3-6,9-10,18H,7-8,15H2,1-2H3,(H,16,20)(H,17,19). The van der Waals surface area contributed by atoms with E-state index in [4.69, 9.17) is 5.73 Å². The van der Waals surface area contributed by atoms with Crippen LogP contribution in [0.4, 0.5) is 5.69 Å². The molecular weight excluding hydrogens is 258 g/mol. The summed E-state index contributed by atoms with van der Waals surface area (Å²) < 4.78 is 0. The number of hydrogen-bond acceptors (Lipinski definition) is 4. The van der Waals surface area contributed by atoms with Crippen molar-refractivity contribution in [1.82, 2.24) is 10.6 Å². The molecule has 1 aromatic rings. The highest BCUT2D eigenvalue weighted by Gasteiger charge is 2.11. The molecule has 5 N–H and O–H groups in total. The molecular formula is C14H21N3O3. The average molecular weight is 279 g/mol. The predicted octanol–water partition coefficient (Wildman–Crippen LogP) is 0.274. The van der Waals surface area contributed by atoms with Crippen LogP contribution in [-0.2, 0) is 4.79 Å². The van der Waals surface area contributed by atoms with Crippen LogP contribution >= 0.6 is 0 Å². The molecule has 6 heteroatoms.